The molecular weight excluding hydrogens is 304 g/mol. The predicted octanol–water partition coefficient (Wildman–Crippen LogP) is 2.64. The maximum Gasteiger partial charge on any atom is 0.407 e. The van der Waals surface area contributed by atoms with Crippen LogP contribution in [0.3, 0.4) is 0 Å². The molecule has 2 aliphatic rings. The number of aryl methyl sites for hydroxylation is 1. The number of ether oxygens (including phenoxy) is 1. The topological polar surface area (TPSA) is 59.4 Å². The van der Waals surface area contributed by atoms with Gasteiger partial charge in [0.15, 0.2) is 0 Å². The van der Waals surface area contributed by atoms with Crippen molar-refractivity contribution in [1.82, 2.24) is 20.0 Å². The fourth-order valence-corrected chi connectivity index (χ4v) is 4.13. The van der Waals surface area contributed by atoms with Crippen LogP contribution >= 0.6 is 0 Å². The third-order valence-corrected chi connectivity index (χ3v) is 5.12. The number of likely N-dealkylation sites (tertiary alicyclic amines) is 1. The van der Waals surface area contributed by atoms with Gasteiger partial charge >= 0.3 is 6.09 Å². The lowest BCUT2D eigenvalue weighted by molar-refractivity contribution is 0.0491. The highest BCUT2D eigenvalue weighted by atomic mass is 16.6. The summed E-state index contributed by atoms with van der Waals surface area (Å²) in [5.74, 6) is 1.22. The minimum atomic E-state index is -0.442. The molecule has 134 valence electrons. The molecule has 0 bridgehead atoms. The molecule has 2 fully saturated rings. The molecule has 3 atom stereocenters. The van der Waals surface area contributed by atoms with Gasteiger partial charge in [-0.1, -0.05) is 0 Å². The molecule has 24 heavy (non-hydrogen) atoms. The van der Waals surface area contributed by atoms with Crippen LogP contribution in [0.25, 0.3) is 0 Å². The van der Waals surface area contributed by atoms with E-state index in [9.17, 15) is 4.79 Å². The van der Waals surface area contributed by atoms with Gasteiger partial charge < -0.3 is 10.1 Å². The summed E-state index contributed by atoms with van der Waals surface area (Å²) < 4.78 is 7.48. The molecule has 3 rings (SSSR count). The lowest BCUT2D eigenvalue weighted by Crippen LogP contribution is -2.42. The Morgan fingerprint density at radius 3 is 2.88 bits per heavy atom. The summed E-state index contributed by atoms with van der Waals surface area (Å²) in [5.41, 5.74) is 0.830. The van der Waals surface area contributed by atoms with Crippen molar-refractivity contribution >= 4 is 6.09 Å². The molecule has 2 heterocycles. The van der Waals surface area contributed by atoms with Crippen LogP contribution in [0.5, 0.6) is 0 Å². The van der Waals surface area contributed by atoms with E-state index in [1.807, 2.05) is 27.0 Å². The zero-order valence-electron chi connectivity index (χ0n) is 15.3. The van der Waals surface area contributed by atoms with Crippen LogP contribution in [-0.4, -0.2) is 45.5 Å². The molecule has 1 saturated heterocycles. The number of hydrogen-bond donors (Lipinski definition) is 1. The van der Waals surface area contributed by atoms with Crippen LogP contribution in [0.2, 0.25) is 0 Å². The van der Waals surface area contributed by atoms with E-state index in [4.69, 9.17) is 4.74 Å². The van der Waals surface area contributed by atoms with Crippen LogP contribution in [0.1, 0.15) is 46.2 Å². The largest absolute Gasteiger partial charge is 0.444 e. The van der Waals surface area contributed by atoms with Gasteiger partial charge in [0.25, 0.3) is 0 Å². The number of fused-ring (bicyclic) bond motifs is 1. The van der Waals surface area contributed by atoms with Crippen LogP contribution < -0.4 is 5.32 Å². The van der Waals surface area contributed by atoms with Gasteiger partial charge in [0.2, 0.25) is 0 Å². The van der Waals surface area contributed by atoms with Crippen molar-refractivity contribution in [2.75, 3.05) is 13.1 Å². The number of hydrogen-bond acceptors (Lipinski definition) is 4. The first-order valence-electron chi connectivity index (χ1n) is 9.08. The highest BCUT2D eigenvalue weighted by Crippen LogP contribution is 2.38. The molecule has 1 aliphatic carbocycles. The normalized spacial score (nSPS) is 27.2. The van der Waals surface area contributed by atoms with Gasteiger partial charge in [-0.2, -0.15) is 5.10 Å². The Morgan fingerprint density at radius 2 is 2.17 bits per heavy atom. The third kappa shape index (κ3) is 3.91. The lowest BCUT2D eigenvalue weighted by atomic mass is 9.98. The molecule has 1 amide bonds. The average Bonchev–Trinajstić information content (AvgIpc) is 3.15. The second-order valence-corrected chi connectivity index (χ2v) is 8.09. The first-order valence-corrected chi connectivity index (χ1v) is 9.08. The molecule has 1 aromatic heterocycles. The van der Waals surface area contributed by atoms with Gasteiger partial charge in [-0.15, -0.1) is 0 Å². The average molecular weight is 334 g/mol. The standard InChI is InChI=1S/C18H30N4O2/c1-5-22-14(8-9-19-22)11-21-10-13-6-7-16(15(13)12-21)20-17(23)24-18(2,3)4/h8-9,13,15-16H,5-7,10-12H2,1-4H3,(H,20,23)/t13-,15-,16-/m0/s1. The van der Waals surface area contributed by atoms with Crippen molar-refractivity contribution in [3.05, 3.63) is 18.0 Å². The Labute approximate surface area is 144 Å². The monoisotopic (exact) mass is 334 g/mol. The van der Waals surface area contributed by atoms with Crippen molar-refractivity contribution < 1.29 is 9.53 Å². The summed E-state index contributed by atoms with van der Waals surface area (Å²) in [6.07, 6.45) is 3.85. The second-order valence-electron chi connectivity index (χ2n) is 8.09. The number of amides is 1. The fourth-order valence-electron chi connectivity index (χ4n) is 4.13. The minimum absolute atomic E-state index is 0.242. The van der Waals surface area contributed by atoms with Gasteiger partial charge in [0.05, 0.1) is 5.69 Å². The molecule has 1 saturated carbocycles. The number of aromatic nitrogens is 2. The van der Waals surface area contributed by atoms with Crippen molar-refractivity contribution in [3.63, 3.8) is 0 Å². The molecule has 0 unspecified atom stereocenters. The highest BCUT2D eigenvalue weighted by molar-refractivity contribution is 5.68. The lowest BCUT2D eigenvalue weighted by Gasteiger charge is -2.25. The summed E-state index contributed by atoms with van der Waals surface area (Å²) in [4.78, 5) is 14.6. The molecule has 6 nitrogen and oxygen atoms in total. The van der Waals surface area contributed by atoms with Gasteiger partial charge in [0.1, 0.15) is 5.60 Å². The number of nitrogens with zero attached hydrogens (tertiary/aromatic N) is 3. The Morgan fingerprint density at radius 1 is 1.38 bits per heavy atom. The molecule has 6 heteroatoms. The maximum absolute atomic E-state index is 12.1. The molecule has 0 aromatic carbocycles. The summed E-state index contributed by atoms with van der Waals surface area (Å²) in [7, 11) is 0. The highest BCUT2D eigenvalue weighted by Gasteiger charge is 2.43. The van der Waals surface area contributed by atoms with E-state index in [2.05, 4.69) is 33.0 Å². The van der Waals surface area contributed by atoms with Gasteiger partial charge in [-0.3, -0.25) is 9.58 Å². The number of carbonyl (C=O) groups excluding carboxylic acids is 1. The molecule has 1 N–H and O–H groups in total. The zero-order chi connectivity index (χ0) is 17.3. The smallest absolute Gasteiger partial charge is 0.407 e. The van der Waals surface area contributed by atoms with Gasteiger partial charge in [0, 0.05) is 38.4 Å². The maximum atomic E-state index is 12.1. The van der Waals surface area contributed by atoms with E-state index in [-0.39, 0.29) is 12.1 Å². The summed E-state index contributed by atoms with van der Waals surface area (Å²) >= 11 is 0. The van der Waals surface area contributed by atoms with Crippen molar-refractivity contribution in [2.45, 2.75) is 65.3 Å². The SMILES string of the molecule is CCn1nccc1CN1C[C@@H]2CC[C@H](NC(=O)OC(C)(C)C)[C@H]2C1. The minimum Gasteiger partial charge on any atom is -0.444 e. The van der Waals surface area contributed by atoms with Crippen LogP contribution in [0, 0.1) is 11.8 Å². The Balaban J connectivity index is 1.55. The van der Waals surface area contributed by atoms with E-state index in [0.717, 1.165) is 32.6 Å². The van der Waals surface area contributed by atoms with Crippen LogP contribution in [0.15, 0.2) is 12.3 Å². The summed E-state index contributed by atoms with van der Waals surface area (Å²) in [5, 5.41) is 7.46. The van der Waals surface area contributed by atoms with E-state index < -0.39 is 5.60 Å². The van der Waals surface area contributed by atoms with E-state index >= 15 is 0 Å². The van der Waals surface area contributed by atoms with E-state index in [1.165, 1.54) is 12.1 Å². The number of alkyl carbamates (subject to hydrolysis) is 1. The summed E-state index contributed by atoms with van der Waals surface area (Å²) in [6, 6.07) is 2.35. The molecular formula is C18H30N4O2. The first-order chi connectivity index (χ1) is 11.4. The Hall–Kier alpha value is -1.56. The molecule has 1 aromatic rings. The summed E-state index contributed by atoms with van der Waals surface area (Å²) in [6.45, 7) is 11.8. The third-order valence-electron chi connectivity index (χ3n) is 5.12. The van der Waals surface area contributed by atoms with Crippen molar-refractivity contribution in [2.24, 2.45) is 11.8 Å². The van der Waals surface area contributed by atoms with Crippen LogP contribution in [-0.2, 0) is 17.8 Å². The zero-order valence-corrected chi connectivity index (χ0v) is 15.3. The Bertz CT molecular complexity index is 578. The van der Waals surface area contributed by atoms with Crippen molar-refractivity contribution in [1.29, 1.82) is 0 Å². The van der Waals surface area contributed by atoms with E-state index in [1.54, 1.807) is 0 Å². The van der Waals surface area contributed by atoms with Crippen LogP contribution in [0.4, 0.5) is 4.79 Å². The predicted molar refractivity (Wildman–Crippen MR) is 92.5 cm³/mol. The van der Waals surface area contributed by atoms with Gasteiger partial charge in [-0.05, 0) is 58.4 Å². The number of rotatable bonds is 4. The molecule has 0 spiro atoms. The Kier molecular flexibility index (Phi) is 4.85. The van der Waals surface area contributed by atoms with Gasteiger partial charge in [-0.25, -0.2) is 4.79 Å². The van der Waals surface area contributed by atoms with Crippen molar-refractivity contribution in [3.8, 4) is 0 Å². The second kappa shape index (κ2) is 6.75. The molecule has 0 radical (unpaired) electrons. The van der Waals surface area contributed by atoms with E-state index in [0.29, 0.717) is 11.8 Å². The first kappa shape index (κ1) is 17.3. The number of nitrogens with one attached hydrogen (secondary N) is 1. The quantitative estimate of drug-likeness (QED) is 0.919. The fraction of sp³-hybridized carbons (Fsp3) is 0.778. The molecule has 1 aliphatic heterocycles. The number of carbonyl (C=O) groups is 1.